The maximum atomic E-state index is 11.4. The van der Waals surface area contributed by atoms with Gasteiger partial charge in [0.25, 0.3) is 0 Å². The van der Waals surface area contributed by atoms with Gasteiger partial charge < -0.3 is 15.2 Å². The summed E-state index contributed by atoms with van der Waals surface area (Å²) in [6.45, 7) is 1.77. The first-order valence-electron chi connectivity index (χ1n) is 5.35. The third-order valence-corrected chi connectivity index (χ3v) is 3.49. The van der Waals surface area contributed by atoms with E-state index in [-0.39, 0.29) is 18.0 Å². The third kappa shape index (κ3) is 2.76. The van der Waals surface area contributed by atoms with Gasteiger partial charge in [-0.1, -0.05) is 11.8 Å². The molecule has 1 atom stereocenters. The van der Waals surface area contributed by atoms with E-state index in [0.29, 0.717) is 28.7 Å². The van der Waals surface area contributed by atoms with Crippen LogP contribution in [0.15, 0.2) is 16.5 Å². The number of nitrogen functional groups attached to an aromatic ring is 1. The van der Waals surface area contributed by atoms with Crippen molar-refractivity contribution in [3.63, 3.8) is 0 Å². The number of H-pyrrole nitrogens is 1. The average Bonchev–Trinajstić information content (AvgIpc) is 2.92. The maximum Gasteiger partial charge on any atom is 0.337 e. The second-order valence-electron chi connectivity index (χ2n) is 3.78. The number of hydrogen-bond donors (Lipinski definition) is 2. The molecule has 0 aliphatic carbocycles. The number of carbonyl (C=O) groups is 1. The largest absolute Gasteiger partial charge is 0.493 e. The zero-order valence-corrected chi connectivity index (χ0v) is 10.9. The SMILES string of the molecule is COC(=O)C1=C(C)O[C@H](CSc2n[nH]c(N)n2)C1. The van der Waals surface area contributed by atoms with Gasteiger partial charge in [0.2, 0.25) is 11.1 Å². The molecule has 3 N–H and O–H groups in total. The van der Waals surface area contributed by atoms with E-state index in [4.69, 9.17) is 10.5 Å². The van der Waals surface area contributed by atoms with Crippen LogP contribution in [-0.2, 0) is 14.3 Å². The standard InChI is InChI=1S/C10H14N4O3S/c1-5-7(8(15)16-2)3-6(17-5)4-18-10-12-9(11)13-14-10/h6H,3-4H2,1-2H3,(H3,11,12,13,14)/t6-/m0/s1. The van der Waals surface area contributed by atoms with E-state index in [1.54, 1.807) is 6.92 Å². The molecule has 0 amide bonds. The fraction of sp³-hybridized carbons (Fsp3) is 0.500. The van der Waals surface area contributed by atoms with E-state index in [1.165, 1.54) is 18.9 Å². The number of nitrogens with one attached hydrogen (secondary N) is 1. The predicted molar refractivity (Wildman–Crippen MR) is 65.7 cm³/mol. The van der Waals surface area contributed by atoms with Crippen molar-refractivity contribution in [3.05, 3.63) is 11.3 Å². The Kier molecular flexibility index (Phi) is 3.75. The number of aromatic nitrogens is 3. The molecule has 0 aromatic carbocycles. The summed E-state index contributed by atoms with van der Waals surface area (Å²) >= 11 is 1.42. The van der Waals surface area contributed by atoms with Crippen molar-refractivity contribution in [2.45, 2.75) is 24.6 Å². The second-order valence-corrected chi connectivity index (χ2v) is 4.77. The van der Waals surface area contributed by atoms with E-state index in [1.807, 2.05) is 0 Å². The maximum absolute atomic E-state index is 11.4. The summed E-state index contributed by atoms with van der Waals surface area (Å²) in [5.74, 6) is 1.23. The molecule has 1 aliphatic rings. The van der Waals surface area contributed by atoms with Crippen LogP contribution in [0.2, 0.25) is 0 Å². The van der Waals surface area contributed by atoms with Crippen LogP contribution in [0, 0.1) is 0 Å². The number of thioether (sulfide) groups is 1. The average molecular weight is 270 g/mol. The summed E-state index contributed by atoms with van der Waals surface area (Å²) in [7, 11) is 1.36. The normalized spacial score (nSPS) is 18.9. The molecule has 0 unspecified atom stereocenters. The topological polar surface area (TPSA) is 103 Å². The van der Waals surface area contributed by atoms with Crippen LogP contribution < -0.4 is 5.73 Å². The zero-order chi connectivity index (χ0) is 13.1. The zero-order valence-electron chi connectivity index (χ0n) is 10.1. The lowest BCUT2D eigenvalue weighted by atomic mass is 10.1. The van der Waals surface area contributed by atoms with Gasteiger partial charge >= 0.3 is 5.97 Å². The van der Waals surface area contributed by atoms with Crippen molar-refractivity contribution >= 4 is 23.7 Å². The number of ether oxygens (including phenoxy) is 2. The first-order chi connectivity index (χ1) is 8.60. The highest BCUT2D eigenvalue weighted by atomic mass is 32.2. The van der Waals surface area contributed by atoms with Crippen molar-refractivity contribution in [2.24, 2.45) is 0 Å². The van der Waals surface area contributed by atoms with Crippen molar-refractivity contribution in [3.8, 4) is 0 Å². The Labute approximate surface area is 108 Å². The Morgan fingerprint density at radius 3 is 3.11 bits per heavy atom. The van der Waals surface area contributed by atoms with Crippen LogP contribution in [0.4, 0.5) is 5.95 Å². The monoisotopic (exact) mass is 270 g/mol. The Balaban J connectivity index is 1.86. The molecule has 1 aromatic heterocycles. The molecule has 0 spiro atoms. The molecule has 0 fully saturated rings. The fourth-order valence-electron chi connectivity index (χ4n) is 1.67. The Bertz CT molecular complexity index is 485. The number of hydrogen-bond acceptors (Lipinski definition) is 7. The molecule has 1 aliphatic heterocycles. The highest BCUT2D eigenvalue weighted by Gasteiger charge is 2.28. The summed E-state index contributed by atoms with van der Waals surface area (Å²) in [4.78, 5) is 15.4. The molecule has 0 bridgehead atoms. The summed E-state index contributed by atoms with van der Waals surface area (Å²) in [6.07, 6.45) is 0.481. The molecule has 0 radical (unpaired) electrons. The second kappa shape index (κ2) is 5.30. The minimum absolute atomic E-state index is 0.0659. The highest BCUT2D eigenvalue weighted by molar-refractivity contribution is 7.99. The summed E-state index contributed by atoms with van der Waals surface area (Å²) in [5.41, 5.74) is 6.02. The van der Waals surface area contributed by atoms with Gasteiger partial charge in [-0.3, -0.25) is 0 Å². The van der Waals surface area contributed by atoms with E-state index >= 15 is 0 Å². The Morgan fingerprint density at radius 2 is 2.50 bits per heavy atom. The minimum Gasteiger partial charge on any atom is -0.493 e. The van der Waals surface area contributed by atoms with Crippen LogP contribution in [0.1, 0.15) is 13.3 Å². The van der Waals surface area contributed by atoms with Crippen LogP contribution in [-0.4, -0.2) is 40.1 Å². The molecule has 8 heteroatoms. The summed E-state index contributed by atoms with van der Waals surface area (Å²) in [6, 6.07) is 0. The number of esters is 1. The van der Waals surface area contributed by atoms with Crippen LogP contribution in [0.25, 0.3) is 0 Å². The lowest BCUT2D eigenvalue weighted by Gasteiger charge is -2.09. The number of aromatic amines is 1. The molecule has 0 saturated heterocycles. The number of nitrogens with two attached hydrogens (primary N) is 1. The van der Waals surface area contributed by atoms with Gasteiger partial charge in [0, 0.05) is 12.2 Å². The van der Waals surface area contributed by atoms with Crippen molar-refractivity contribution in [2.75, 3.05) is 18.6 Å². The molecule has 1 aromatic rings. The van der Waals surface area contributed by atoms with Gasteiger partial charge in [-0.05, 0) is 6.92 Å². The van der Waals surface area contributed by atoms with Gasteiger partial charge in [-0.2, -0.15) is 4.98 Å². The van der Waals surface area contributed by atoms with E-state index in [2.05, 4.69) is 19.9 Å². The van der Waals surface area contributed by atoms with Gasteiger partial charge in [-0.15, -0.1) is 5.10 Å². The Hall–Kier alpha value is -1.70. The van der Waals surface area contributed by atoms with Gasteiger partial charge in [0.15, 0.2) is 0 Å². The molecule has 0 saturated carbocycles. The molecular weight excluding hydrogens is 256 g/mol. The quantitative estimate of drug-likeness (QED) is 0.613. The molecule has 18 heavy (non-hydrogen) atoms. The van der Waals surface area contributed by atoms with Gasteiger partial charge in [0.1, 0.15) is 11.9 Å². The molecular formula is C10H14N4O3S. The van der Waals surface area contributed by atoms with E-state index in [0.717, 1.165) is 0 Å². The molecule has 2 rings (SSSR count). The summed E-state index contributed by atoms with van der Waals surface area (Å²) in [5, 5.41) is 7.04. The predicted octanol–water partition coefficient (Wildman–Crippen LogP) is 0.715. The lowest BCUT2D eigenvalue weighted by Crippen LogP contribution is -2.11. The highest BCUT2D eigenvalue weighted by Crippen LogP contribution is 2.29. The van der Waals surface area contributed by atoms with Gasteiger partial charge in [0.05, 0.1) is 12.7 Å². The van der Waals surface area contributed by atoms with Gasteiger partial charge in [-0.25, -0.2) is 9.89 Å². The number of methoxy groups -OCH3 is 1. The number of allylic oxidation sites excluding steroid dienone is 1. The number of rotatable bonds is 4. The molecule has 2 heterocycles. The number of nitrogens with zero attached hydrogens (tertiary/aromatic N) is 2. The number of anilines is 1. The van der Waals surface area contributed by atoms with E-state index in [9.17, 15) is 4.79 Å². The van der Waals surface area contributed by atoms with Crippen molar-refractivity contribution in [1.82, 2.24) is 15.2 Å². The minimum atomic E-state index is -0.331. The number of carbonyl (C=O) groups excluding carboxylic acids is 1. The molecule has 98 valence electrons. The lowest BCUT2D eigenvalue weighted by molar-refractivity contribution is -0.136. The Morgan fingerprint density at radius 1 is 1.72 bits per heavy atom. The third-order valence-electron chi connectivity index (χ3n) is 2.51. The first-order valence-corrected chi connectivity index (χ1v) is 6.34. The van der Waals surface area contributed by atoms with Crippen LogP contribution in [0.3, 0.4) is 0 Å². The van der Waals surface area contributed by atoms with E-state index < -0.39 is 0 Å². The first kappa shape index (κ1) is 12.7. The smallest absolute Gasteiger partial charge is 0.337 e. The van der Waals surface area contributed by atoms with Crippen LogP contribution in [0.5, 0.6) is 0 Å². The van der Waals surface area contributed by atoms with Crippen molar-refractivity contribution in [1.29, 1.82) is 0 Å². The fourth-order valence-corrected chi connectivity index (χ4v) is 2.46. The summed E-state index contributed by atoms with van der Waals surface area (Å²) < 4.78 is 10.3. The van der Waals surface area contributed by atoms with Crippen molar-refractivity contribution < 1.29 is 14.3 Å². The molecule has 7 nitrogen and oxygen atoms in total. The van der Waals surface area contributed by atoms with Crippen LogP contribution >= 0.6 is 11.8 Å².